The third kappa shape index (κ3) is 4.25. The lowest BCUT2D eigenvalue weighted by Gasteiger charge is -2.34. The standard InChI is InChI=1S/C20H26N2OS/c1-2-19(16-7-4-3-5-8-16)20(23)22-12-10-17(11-13-22)21-15-18-9-6-14-24-18/h3-9,14,17,19,21H,2,10-13,15H2,1H3. The molecule has 1 aliphatic heterocycles. The molecule has 1 aromatic carbocycles. The predicted octanol–water partition coefficient (Wildman–Crippen LogP) is 4.02. The van der Waals surface area contributed by atoms with E-state index in [2.05, 4.69) is 46.8 Å². The van der Waals surface area contributed by atoms with Gasteiger partial charge in [0.1, 0.15) is 0 Å². The Bertz CT molecular complexity index is 618. The van der Waals surface area contributed by atoms with Gasteiger partial charge in [-0.3, -0.25) is 4.79 Å². The van der Waals surface area contributed by atoms with Crippen molar-refractivity contribution in [2.24, 2.45) is 0 Å². The fourth-order valence-corrected chi connectivity index (χ4v) is 4.08. The number of likely N-dealkylation sites (tertiary alicyclic amines) is 1. The lowest BCUT2D eigenvalue weighted by Crippen LogP contribution is -2.46. The molecule has 3 rings (SSSR count). The summed E-state index contributed by atoms with van der Waals surface area (Å²) in [5.74, 6) is 0.294. The fraction of sp³-hybridized carbons (Fsp3) is 0.450. The number of carbonyl (C=O) groups is 1. The van der Waals surface area contributed by atoms with Crippen LogP contribution < -0.4 is 5.32 Å². The molecule has 1 saturated heterocycles. The molecule has 0 radical (unpaired) electrons. The summed E-state index contributed by atoms with van der Waals surface area (Å²) in [6.07, 6.45) is 2.95. The zero-order valence-electron chi connectivity index (χ0n) is 14.3. The first-order valence-electron chi connectivity index (χ1n) is 8.87. The summed E-state index contributed by atoms with van der Waals surface area (Å²) >= 11 is 1.79. The lowest BCUT2D eigenvalue weighted by atomic mass is 9.93. The number of benzene rings is 1. The van der Waals surface area contributed by atoms with Crippen LogP contribution in [0.15, 0.2) is 47.8 Å². The lowest BCUT2D eigenvalue weighted by molar-refractivity contribution is -0.134. The van der Waals surface area contributed by atoms with E-state index in [9.17, 15) is 4.79 Å². The molecule has 24 heavy (non-hydrogen) atoms. The first-order chi connectivity index (χ1) is 11.8. The Morgan fingerprint density at radius 1 is 1.21 bits per heavy atom. The topological polar surface area (TPSA) is 32.3 Å². The Balaban J connectivity index is 1.51. The van der Waals surface area contributed by atoms with Crippen molar-refractivity contribution in [1.29, 1.82) is 0 Å². The van der Waals surface area contributed by atoms with Crippen LogP contribution in [0.25, 0.3) is 0 Å². The van der Waals surface area contributed by atoms with Gasteiger partial charge in [-0.05, 0) is 36.3 Å². The Morgan fingerprint density at radius 2 is 1.96 bits per heavy atom. The van der Waals surface area contributed by atoms with Gasteiger partial charge >= 0.3 is 0 Å². The molecule has 2 heterocycles. The van der Waals surface area contributed by atoms with Gasteiger partial charge in [-0.1, -0.05) is 43.3 Å². The minimum absolute atomic E-state index is 0.00169. The normalized spacial score (nSPS) is 17.0. The second-order valence-electron chi connectivity index (χ2n) is 6.43. The molecule has 0 saturated carbocycles. The second-order valence-corrected chi connectivity index (χ2v) is 7.46. The van der Waals surface area contributed by atoms with Crippen LogP contribution in [0.2, 0.25) is 0 Å². The van der Waals surface area contributed by atoms with E-state index in [0.29, 0.717) is 11.9 Å². The highest BCUT2D eigenvalue weighted by atomic mass is 32.1. The van der Waals surface area contributed by atoms with E-state index in [1.807, 2.05) is 18.2 Å². The first-order valence-corrected chi connectivity index (χ1v) is 9.75. The summed E-state index contributed by atoms with van der Waals surface area (Å²) in [6, 6.07) is 15.0. The van der Waals surface area contributed by atoms with E-state index in [-0.39, 0.29) is 5.92 Å². The number of carbonyl (C=O) groups excluding carboxylic acids is 1. The Morgan fingerprint density at radius 3 is 2.58 bits per heavy atom. The minimum Gasteiger partial charge on any atom is -0.342 e. The van der Waals surface area contributed by atoms with Crippen molar-refractivity contribution < 1.29 is 4.79 Å². The van der Waals surface area contributed by atoms with Gasteiger partial charge < -0.3 is 10.2 Å². The molecule has 3 nitrogen and oxygen atoms in total. The van der Waals surface area contributed by atoms with Gasteiger partial charge in [0.05, 0.1) is 5.92 Å². The summed E-state index contributed by atoms with van der Waals surface area (Å²) in [4.78, 5) is 16.3. The molecule has 2 aromatic rings. The highest BCUT2D eigenvalue weighted by Gasteiger charge is 2.28. The molecule has 1 aliphatic rings. The quantitative estimate of drug-likeness (QED) is 0.860. The van der Waals surface area contributed by atoms with Gasteiger partial charge in [0, 0.05) is 30.6 Å². The number of piperidine rings is 1. The molecular weight excluding hydrogens is 316 g/mol. The number of hydrogen-bond donors (Lipinski definition) is 1. The second kappa shape index (κ2) is 8.45. The summed E-state index contributed by atoms with van der Waals surface area (Å²) in [5.41, 5.74) is 1.14. The molecule has 1 amide bonds. The molecular formula is C20H26N2OS. The van der Waals surface area contributed by atoms with E-state index in [4.69, 9.17) is 0 Å². The number of thiophene rings is 1. The van der Waals surface area contributed by atoms with Crippen LogP contribution in [-0.2, 0) is 11.3 Å². The van der Waals surface area contributed by atoms with Crippen molar-refractivity contribution >= 4 is 17.2 Å². The average Bonchev–Trinajstić information content (AvgIpc) is 3.15. The van der Waals surface area contributed by atoms with Crippen molar-refractivity contribution in [3.8, 4) is 0 Å². The number of nitrogens with zero attached hydrogens (tertiary/aromatic N) is 1. The van der Waals surface area contributed by atoms with Gasteiger partial charge in [-0.15, -0.1) is 11.3 Å². The van der Waals surface area contributed by atoms with Crippen molar-refractivity contribution in [2.75, 3.05) is 13.1 Å². The highest BCUT2D eigenvalue weighted by molar-refractivity contribution is 7.09. The number of hydrogen-bond acceptors (Lipinski definition) is 3. The SMILES string of the molecule is CCC(C(=O)N1CCC(NCc2cccs2)CC1)c1ccccc1. The van der Waals surface area contributed by atoms with Gasteiger partial charge in [0.25, 0.3) is 0 Å². The molecule has 4 heteroatoms. The summed E-state index contributed by atoms with van der Waals surface area (Å²) in [6.45, 7) is 4.78. The minimum atomic E-state index is 0.00169. The largest absolute Gasteiger partial charge is 0.342 e. The maximum atomic E-state index is 12.9. The van der Waals surface area contributed by atoms with Gasteiger partial charge in [0.2, 0.25) is 5.91 Å². The van der Waals surface area contributed by atoms with Crippen LogP contribution in [-0.4, -0.2) is 29.9 Å². The number of amides is 1. The van der Waals surface area contributed by atoms with Crippen LogP contribution >= 0.6 is 11.3 Å². The Hall–Kier alpha value is -1.65. The molecule has 1 atom stereocenters. The number of rotatable bonds is 6. The Kier molecular flexibility index (Phi) is 6.05. The average molecular weight is 343 g/mol. The van der Waals surface area contributed by atoms with Gasteiger partial charge in [-0.25, -0.2) is 0 Å². The predicted molar refractivity (Wildman–Crippen MR) is 100 cm³/mol. The zero-order chi connectivity index (χ0) is 16.8. The van der Waals surface area contributed by atoms with Crippen molar-refractivity contribution in [2.45, 2.75) is 44.7 Å². The van der Waals surface area contributed by atoms with E-state index in [1.165, 1.54) is 4.88 Å². The zero-order valence-corrected chi connectivity index (χ0v) is 15.1. The van der Waals surface area contributed by atoms with Crippen molar-refractivity contribution in [3.05, 3.63) is 58.3 Å². The molecule has 1 N–H and O–H groups in total. The monoisotopic (exact) mass is 342 g/mol. The summed E-state index contributed by atoms with van der Waals surface area (Å²) < 4.78 is 0. The van der Waals surface area contributed by atoms with Crippen LogP contribution in [0, 0.1) is 0 Å². The smallest absolute Gasteiger partial charge is 0.230 e. The van der Waals surface area contributed by atoms with E-state index >= 15 is 0 Å². The van der Waals surface area contributed by atoms with Crippen LogP contribution in [0.4, 0.5) is 0 Å². The number of nitrogens with one attached hydrogen (secondary N) is 1. The third-order valence-corrected chi connectivity index (χ3v) is 5.74. The van der Waals surface area contributed by atoms with Crippen LogP contribution in [0.1, 0.15) is 42.5 Å². The van der Waals surface area contributed by atoms with E-state index < -0.39 is 0 Å². The van der Waals surface area contributed by atoms with Crippen LogP contribution in [0.3, 0.4) is 0 Å². The van der Waals surface area contributed by atoms with E-state index in [1.54, 1.807) is 11.3 Å². The summed E-state index contributed by atoms with van der Waals surface area (Å²) in [5, 5.41) is 5.75. The van der Waals surface area contributed by atoms with E-state index in [0.717, 1.165) is 44.5 Å². The molecule has 1 fully saturated rings. The van der Waals surface area contributed by atoms with Crippen molar-refractivity contribution in [1.82, 2.24) is 10.2 Å². The molecule has 1 aromatic heterocycles. The molecule has 0 bridgehead atoms. The molecule has 128 valence electrons. The van der Waals surface area contributed by atoms with Gasteiger partial charge in [0.15, 0.2) is 0 Å². The Labute approximate surface area is 148 Å². The van der Waals surface area contributed by atoms with Crippen molar-refractivity contribution in [3.63, 3.8) is 0 Å². The summed E-state index contributed by atoms with van der Waals surface area (Å²) in [7, 11) is 0. The van der Waals surface area contributed by atoms with Gasteiger partial charge in [-0.2, -0.15) is 0 Å². The first kappa shape index (κ1) is 17.2. The third-order valence-electron chi connectivity index (χ3n) is 4.86. The maximum absolute atomic E-state index is 12.9. The molecule has 0 aliphatic carbocycles. The van der Waals surface area contributed by atoms with Crippen LogP contribution in [0.5, 0.6) is 0 Å². The highest BCUT2D eigenvalue weighted by Crippen LogP contribution is 2.24. The maximum Gasteiger partial charge on any atom is 0.230 e. The molecule has 0 spiro atoms. The fourth-order valence-electron chi connectivity index (χ4n) is 3.42. The molecule has 1 unspecified atom stereocenters.